The second kappa shape index (κ2) is 10.8. The molecule has 3 heterocycles. The number of amides is 2. The summed E-state index contributed by atoms with van der Waals surface area (Å²) in [5.74, 6) is -1.82. The smallest absolute Gasteiger partial charge is 0.433 e. The average molecular weight is 604 g/mol. The minimum atomic E-state index is -4.82. The van der Waals surface area contributed by atoms with E-state index in [1.807, 2.05) is 6.92 Å². The van der Waals surface area contributed by atoms with Crippen LogP contribution in [-0.4, -0.2) is 26.6 Å². The van der Waals surface area contributed by atoms with Gasteiger partial charge in [0.05, 0.1) is 5.69 Å². The number of carbonyl (C=O) groups excluding carboxylic acids is 2. The lowest BCUT2D eigenvalue weighted by atomic mass is 10.0. The Balaban J connectivity index is 1.50. The van der Waals surface area contributed by atoms with Crippen LogP contribution in [0.5, 0.6) is 5.75 Å². The Hall–Kier alpha value is -4.49. The first-order valence-electron chi connectivity index (χ1n) is 11.7. The summed E-state index contributed by atoms with van der Waals surface area (Å²) in [6.07, 6.45) is -3.33. The van der Waals surface area contributed by atoms with Gasteiger partial charge in [-0.05, 0) is 66.1 Å². The molecule has 5 rings (SSSR count). The maximum absolute atomic E-state index is 13.7. The molecule has 8 nitrogen and oxygen atoms in total. The number of aryl methyl sites for hydroxylation is 1. The molecule has 0 aliphatic rings. The lowest BCUT2D eigenvalue weighted by Gasteiger charge is -2.12. The van der Waals surface area contributed by atoms with Gasteiger partial charge in [-0.25, -0.2) is 14.1 Å². The zero-order valence-electron chi connectivity index (χ0n) is 20.9. The fraction of sp³-hybridized carbons (Fsp3) is 0.111. The van der Waals surface area contributed by atoms with Crippen LogP contribution in [0.2, 0.25) is 5.02 Å². The van der Waals surface area contributed by atoms with Gasteiger partial charge < -0.3 is 15.8 Å². The van der Waals surface area contributed by atoms with Crippen LogP contribution in [0, 0.1) is 12.7 Å². The number of primary amides is 1. The molecule has 0 unspecified atom stereocenters. The Labute approximate surface area is 238 Å². The molecule has 0 radical (unpaired) electrons. The fourth-order valence-corrected chi connectivity index (χ4v) is 5.10. The first-order valence-corrected chi connectivity index (χ1v) is 12.9. The summed E-state index contributed by atoms with van der Waals surface area (Å²) < 4.78 is 61.6. The van der Waals surface area contributed by atoms with Crippen molar-refractivity contribution in [1.29, 1.82) is 0 Å². The number of benzene rings is 2. The zero-order chi connectivity index (χ0) is 29.5. The molecule has 0 spiro atoms. The number of nitrogens with zero attached hydrogens (tertiary/aromatic N) is 3. The lowest BCUT2D eigenvalue weighted by Crippen LogP contribution is -2.18. The van der Waals surface area contributed by atoms with Crippen molar-refractivity contribution >= 4 is 50.7 Å². The topological polar surface area (TPSA) is 112 Å². The van der Waals surface area contributed by atoms with Crippen LogP contribution in [0.15, 0.2) is 60.8 Å². The van der Waals surface area contributed by atoms with Gasteiger partial charge in [0.15, 0.2) is 12.4 Å². The molecule has 3 aromatic heterocycles. The van der Waals surface area contributed by atoms with E-state index in [1.54, 1.807) is 18.2 Å². The SMILES string of the molecule is Cc1cc(OCn2ccc(C(=O)Nc3c(C(N)=O)sc4nc(C(F)(F)F)cc(-c5ccc(F)cc5)c34)n2)ccc1Cl. The predicted molar refractivity (Wildman–Crippen MR) is 146 cm³/mol. The van der Waals surface area contributed by atoms with Crippen molar-refractivity contribution in [3.63, 3.8) is 0 Å². The Morgan fingerprint density at radius 1 is 1.12 bits per heavy atom. The van der Waals surface area contributed by atoms with Crippen LogP contribution in [0.25, 0.3) is 21.3 Å². The standard InChI is InChI=1S/C27H18ClF4N5O3S/c1-13-10-16(6-7-18(13)28)40-12-37-9-8-19(36-37)25(39)35-22-21-17(14-2-4-15(29)5-3-14)11-20(27(30,31)32)34-26(21)41-23(22)24(33)38/h2-11H,12H2,1H3,(H2,33,38)(H,35,39). The van der Waals surface area contributed by atoms with Gasteiger partial charge >= 0.3 is 6.18 Å². The highest BCUT2D eigenvalue weighted by Crippen LogP contribution is 2.43. The number of pyridine rings is 1. The maximum Gasteiger partial charge on any atom is 0.433 e. The molecule has 41 heavy (non-hydrogen) atoms. The van der Waals surface area contributed by atoms with Gasteiger partial charge in [0.1, 0.15) is 27.0 Å². The number of fused-ring (bicyclic) bond motifs is 1. The van der Waals surface area contributed by atoms with Gasteiger partial charge in [0.25, 0.3) is 11.8 Å². The Kier molecular flexibility index (Phi) is 7.41. The molecule has 2 aromatic carbocycles. The highest BCUT2D eigenvalue weighted by Gasteiger charge is 2.35. The number of alkyl halides is 3. The van der Waals surface area contributed by atoms with Gasteiger partial charge in [-0.2, -0.15) is 18.3 Å². The van der Waals surface area contributed by atoms with Gasteiger partial charge in [-0.1, -0.05) is 23.7 Å². The number of carbonyl (C=O) groups is 2. The predicted octanol–water partition coefficient (Wildman–Crippen LogP) is 6.67. The van der Waals surface area contributed by atoms with Gasteiger partial charge in [-0.15, -0.1) is 11.3 Å². The largest absolute Gasteiger partial charge is 0.471 e. The quantitative estimate of drug-likeness (QED) is 0.202. The summed E-state index contributed by atoms with van der Waals surface area (Å²) >= 11 is 6.62. The Morgan fingerprint density at radius 3 is 2.51 bits per heavy atom. The number of ether oxygens (including phenoxy) is 1. The molecule has 3 N–H and O–H groups in total. The molecule has 0 atom stereocenters. The summed E-state index contributed by atoms with van der Waals surface area (Å²) in [6.45, 7) is 1.78. The molecule has 0 saturated heterocycles. The van der Waals surface area contributed by atoms with Crippen molar-refractivity contribution in [2.24, 2.45) is 5.73 Å². The number of anilines is 1. The summed E-state index contributed by atoms with van der Waals surface area (Å²) in [5, 5.41) is 7.35. The lowest BCUT2D eigenvalue weighted by molar-refractivity contribution is -0.140. The van der Waals surface area contributed by atoms with E-state index in [1.165, 1.54) is 29.1 Å². The van der Waals surface area contributed by atoms with Gasteiger partial charge in [0, 0.05) is 16.6 Å². The molecule has 0 aliphatic heterocycles. The van der Waals surface area contributed by atoms with Gasteiger partial charge in [0.2, 0.25) is 0 Å². The van der Waals surface area contributed by atoms with E-state index in [0.29, 0.717) is 22.1 Å². The maximum atomic E-state index is 13.7. The van der Waals surface area contributed by atoms with E-state index in [-0.39, 0.29) is 44.3 Å². The van der Waals surface area contributed by atoms with Crippen LogP contribution in [-0.2, 0) is 12.9 Å². The fourth-order valence-electron chi connectivity index (χ4n) is 3.97. The zero-order valence-corrected chi connectivity index (χ0v) is 22.5. The molecule has 0 saturated carbocycles. The molecule has 2 amide bonds. The Morgan fingerprint density at radius 2 is 1.85 bits per heavy atom. The first-order chi connectivity index (χ1) is 19.4. The molecule has 210 valence electrons. The minimum absolute atomic E-state index is 0.0291. The molecule has 5 aromatic rings. The number of rotatable bonds is 7. The number of nitrogens with two attached hydrogens (primary N) is 1. The van der Waals surface area contributed by atoms with Crippen LogP contribution in [0.4, 0.5) is 23.2 Å². The molecular weight excluding hydrogens is 586 g/mol. The van der Waals surface area contributed by atoms with Crippen LogP contribution >= 0.6 is 22.9 Å². The van der Waals surface area contributed by atoms with Crippen molar-refractivity contribution in [3.8, 4) is 16.9 Å². The average Bonchev–Trinajstić information content (AvgIpc) is 3.54. The third-order valence-corrected chi connectivity index (χ3v) is 7.46. The van der Waals surface area contributed by atoms with E-state index in [2.05, 4.69) is 15.4 Å². The van der Waals surface area contributed by atoms with Crippen molar-refractivity contribution in [3.05, 3.63) is 93.5 Å². The number of hydrogen-bond acceptors (Lipinski definition) is 6. The number of hydrogen-bond donors (Lipinski definition) is 2. The highest BCUT2D eigenvalue weighted by molar-refractivity contribution is 7.21. The molecular formula is C27H18ClF4N5O3S. The van der Waals surface area contributed by atoms with E-state index >= 15 is 0 Å². The Bertz CT molecular complexity index is 1800. The van der Waals surface area contributed by atoms with E-state index in [0.717, 1.165) is 23.8 Å². The van der Waals surface area contributed by atoms with Crippen LogP contribution in [0.3, 0.4) is 0 Å². The first kappa shape index (κ1) is 28.1. The normalized spacial score (nSPS) is 11.6. The van der Waals surface area contributed by atoms with Crippen molar-refractivity contribution in [2.75, 3.05) is 5.32 Å². The second-order valence-electron chi connectivity index (χ2n) is 8.79. The van der Waals surface area contributed by atoms with Crippen molar-refractivity contribution in [2.45, 2.75) is 19.8 Å². The summed E-state index contributed by atoms with van der Waals surface area (Å²) in [7, 11) is 0. The van der Waals surface area contributed by atoms with E-state index in [4.69, 9.17) is 22.1 Å². The third kappa shape index (κ3) is 5.86. The summed E-state index contributed by atoms with van der Waals surface area (Å²) in [5.41, 5.74) is 5.08. The molecule has 0 fully saturated rings. The molecule has 0 bridgehead atoms. The number of aromatic nitrogens is 3. The van der Waals surface area contributed by atoms with Crippen LogP contribution < -0.4 is 15.8 Å². The number of thiophene rings is 1. The van der Waals surface area contributed by atoms with E-state index in [9.17, 15) is 27.2 Å². The van der Waals surface area contributed by atoms with E-state index < -0.39 is 29.5 Å². The highest BCUT2D eigenvalue weighted by atomic mass is 35.5. The summed E-state index contributed by atoms with van der Waals surface area (Å²) in [6, 6.07) is 12.0. The van der Waals surface area contributed by atoms with Crippen molar-refractivity contribution < 1.29 is 31.9 Å². The molecule has 14 heteroatoms. The number of halogens is 5. The monoisotopic (exact) mass is 603 g/mol. The summed E-state index contributed by atoms with van der Waals surface area (Å²) in [4.78, 5) is 28.7. The number of nitrogens with one attached hydrogen (secondary N) is 1. The third-order valence-electron chi connectivity index (χ3n) is 5.94. The van der Waals surface area contributed by atoms with Crippen molar-refractivity contribution in [1.82, 2.24) is 14.8 Å². The second-order valence-corrected chi connectivity index (χ2v) is 10.2. The molecule has 0 aliphatic carbocycles. The minimum Gasteiger partial charge on any atom is -0.471 e. The van der Waals surface area contributed by atoms with Gasteiger partial charge in [-0.3, -0.25) is 9.59 Å². The van der Waals surface area contributed by atoms with Crippen LogP contribution in [0.1, 0.15) is 31.4 Å².